The van der Waals surface area contributed by atoms with E-state index in [1.165, 1.54) is 6.92 Å². The number of hydrogen-bond donors (Lipinski definition) is 4. The molecule has 0 bridgehead atoms. The Bertz CT molecular complexity index is 92.3. The first kappa shape index (κ1) is 11.8. The van der Waals surface area contributed by atoms with Crippen LogP contribution in [0.3, 0.4) is 0 Å². The van der Waals surface area contributed by atoms with Crippen molar-refractivity contribution in [3.8, 4) is 0 Å². The van der Waals surface area contributed by atoms with Gasteiger partial charge >= 0.3 is 0 Å². The first-order valence-corrected chi connectivity index (χ1v) is 4.34. The Morgan fingerprint density at radius 2 is 2.17 bits per heavy atom. The van der Waals surface area contributed by atoms with Gasteiger partial charge in [0, 0.05) is 6.54 Å². The highest BCUT2D eigenvalue weighted by molar-refractivity contribution is 4.65. The van der Waals surface area contributed by atoms with Crippen molar-refractivity contribution in [2.24, 2.45) is 0 Å². The maximum absolute atomic E-state index is 8.85. The van der Waals surface area contributed by atoms with Gasteiger partial charge < -0.3 is 20.6 Å². The van der Waals surface area contributed by atoms with Gasteiger partial charge in [-0.1, -0.05) is 0 Å². The highest BCUT2D eigenvalue weighted by Crippen LogP contribution is 1.98. The summed E-state index contributed by atoms with van der Waals surface area (Å²) in [5.41, 5.74) is 0. The van der Waals surface area contributed by atoms with Crippen LogP contribution in [0.1, 0.15) is 19.8 Å². The number of piperidine rings is 1. The number of aliphatic hydroxyl groups is 3. The van der Waals surface area contributed by atoms with Crippen molar-refractivity contribution in [2.75, 3.05) is 19.7 Å². The van der Waals surface area contributed by atoms with Crippen LogP contribution in [-0.4, -0.2) is 47.2 Å². The van der Waals surface area contributed by atoms with Crippen LogP contribution in [0.15, 0.2) is 0 Å². The Labute approximate surface area is 73.2 Å². The van der Waals surface area contributed by atoms with Gasteiger partial charge in [-0.25, -0.2) is 0 Å². The molecule has 4 nitrogen and oxygen atoms in total. The molecule has 1 aliphatic rings. The Morgan fingerprint density at radius 1 is 1.58 bits per heavy atom. The number of nitrogens with one attached hydrogen (secondary N) is 1. The SMILES string of the molecule is CC(O)CO.OC1CCCNC1. The van der Waals surface area contributed by atoms with E-state index in [2.05, 4.69) is 5.32 Å². The minimum absolute atomic E-state index is 0.0752. The Hall–Kier alpha value is -0.160. The van der Waals surface area contributed by atoms with Crippen molar-refractivity contribution in [1.29, 1.82) is 0 Å². The molecule has 0 spiro atoms. The Balaban J connectivity index is 0.000000217. The summed E-state index contributed by atoms with van der Waals surface area (Å²) in [5, 5.41) is 27.9. The van der Waals surface area contributed by atoms with Crippen LogP contribution in [0, 0.1) is 0 Å². The van der Waals surface area contributed by atoms with Crippen molar-refractivity contribution >= 4 is 0 Å². The smallest absolute Gasteiger partial charge is 0.0742 e. The molecule has 0 amide bonds. The molecule has 0 aromatic carbocycles. The van der Waals surface area contributed by atoms with Crippen molar-refractivity contribution in [3.05, 3.63) is 0 Å². The molecule has 1 fully saturated rings. The standard InChI is InChI=1S/C5H11NO.C3H8O2/c7-5-2-1-3-6-4-5;1-3(5)2-4/h5-7H,1-4H2;3-5H,2H2,1H3. The molecule has 1 saturated heterocycles. The van der Waals surface area contributed by atoms with Gasteiger partial charge in [0.15, 0.2) is 0 Å². The Kier molecular flexibility index (Phi) is 7.39. The van der Waals surface area contributed by atoms with Gasteiger partial charge in [0.05, 0.1) is 18.8 Å². The number of aliphatic hydroxyl groups excluding tert-OH is 3. The van der Waals surface area contributed by atoms with Crippen LogP contribution in [0.25, 0.3) is 0 Å². The van der Waals surface area contributed by atoms with E-state index in [4.69, 9.17) is 15.3 Å². The van der Waals surface area contributed by atoms with Gasteiger partial charge in [0.2, 0.25) is 0 Å². The van der Waals surface area contributed by atoms with E-state index in [1.54, 1.807) is 0 Å². The second-order valence-electron chi connectivity index (χ2n) is 3.03. The minimum Gasteiger partial charge on any atom is -0.394 e. The summed E-state index contributed by atoms with van der Waals surface area (Å²) in [4.78, 5) is 0. The monoisotopic (exact) mass is 177 g/mol. The van der Waals surface area contributed by atoms with Gasteiger partial charge in [0.25, 0.3) is 0 Å². The molecule has 0 aromatic rings. The van der Waals surface area contributed by atoms with Crippen molar-refractivity contribution in [1.82, 2.24) is 5.32 Å². The lowest BCUT2D eigenvalue weighted by molar-refractivity contribution is 0.110. The summed E-state index contributed by atoms with van der Waals surface area (Å²) >= 11 is 0. The van der Waals surface area contributed by atoms with Crippen LogP contribution in [0.2, 0.25) is 0 Å². The fraction of sp³-hybridized carbons (Fsp3) is 1.00. The highest BCUT2D eigenvalue weighted by atomic mass is 16.3. The van der Waals surface area contributed by atoms with E-state index in [-0.39, 0.29) is 12.7 Å². The van der Waals surface area contributed by atoms with Crippen LogP contribution in [0.5, 0.6) is 0 Å². The second kappa shape index (κ2) is 7.49. The molecular formula is C8H19NO3. The summed E-state index contributed by atoms with van der Waals surface area (Å²) in [6.07, 6.45) is 1.47. The topological polar surface area (TPSA) is 72.7 Å². The third kappa shape index (κ3) is 7.94. The van der Waals surface area contributed by atoms with Crippen molar-refractivity contribution < 1.29 is 15.3 Å². The molecule has 2 unspecified atom stereocenters. The molecule has 0 aromatic heterocycles. The van der Waals surface area contributed by atoms with E-state index < -0.39 is 6.10 Å². The van der Waals surface area contributed by atoms with Gasteiger partial charge in [-0.05, 0) is 26.3 Å². The highest BCUT2D eigenvalue weighted by Gasteiger charge is 2.06. The average molecular weight is 177 g/mol. The lowest BCUT2D eigenvalue weighted by atomic mass is 10.1. The number of hydrogen-bond acceptors (Lipinski definition) is 4. The molecule has 4 N–H and O–H groups in total. The largest absolute Gasteiger partial charge is 0.394 e. The quantitative estimate of drug-likeness (QED) is 0.418. The first-order chi connectivity index (χ1) is 5.66. The van der Waals surface area contributed by atoms with E-state index in [0.29, 0.717) is 0 Å². The predicted octanol–water partition coefficient (Wildman–Crippen LogP) is -0.910. The zero-order chi connectivity index (χ0) is 9.40. The van der Waals surface area contributed by atoms with Crippen LogP contribution in [0.4, 0.5) is 0 Å². The summed E-state index contributed by atoms with van der Waals surface area (Å²) in [6.45, 7) is 3.26. The summed E-state index contributed by atoms with van der Waals surface area (Å²) < 4.78 is 0. The van der Waals surface area contributed by atoms with Crippen molar-refractivity contribution in [3.63, 3.8) is 0 Å². The van der Waals surface area contributed by atoms with Crippen LogP contribution < -0.4 is 5.32 Å². The predicted molar refractivity (Wildman–Crippen MR) is 46.9 cm³/mol. The summed E-state index contributed by atoms with van der Waals surface area (Å²) in [6, 6.07) is 0. The molecule has 12 heavy (non-hydrogen) atoms. The average Bonchev–Trinajstić information content (AvgIpc) is 2.07. The Morgan fingerprint density at radius 3 is 2.33 bits per heavy atom. The molecule has 1 rings (SSSR count). The number of rotatable bonds is 1. The normalized spacial score (nSPS) is 25.5. The fourth-order valence-electron chi connectivity index (χ4n) is 0.833. The van der Waals surface area contributed by atoms with Gasteiger partial charge in [-0.3, -0.25) is 0 Å². The van der Waals surface area contributed by atoms with E-state index >= 15 is 0 Å². The van der Waals surface area contributed by atoms with Crippen LogP contribution in [-0.2, 0) is 0 Å². The zero-order valence-electron chi connectivity index (χ0n) is 7.53. The fourth-order valence-corrected chi connectivity index (χ4v) is 0.833. The number of β-amino-alcohol motifs (C(OH)–C–C–N with tert-alkyl or cyclic N) is 1. The van der Waals surface area contributed by atoms with Crippen LogP contribution >= 0.6 is 0 Å². The lowest BCUT2D eigenvalue weighted by Gasteiger charge is -2.16. The molecule has 1 heterocycles. The molecule has 1 aliphatic heterocycles. The first-order valence-electron chi connectivity index (χ1n) is 4.34. The van der Waals surface area contributed by atoms with Gasteiger partial charge in [-0.15, -0.1) is 0 Å². The van der Waals surface area contributed by atoms with Gasteiger partial charge in [0.1, 0.15) is 0 Å². The molecule has 74 valence electrons. The van der Waals surface area contributed by atoms with E-state index in [9.17, 15) is 0 Å². The van der Waals surface area contributed by atoms with Gasteiger partial charge in [-0.2, -0.15) is 0 Å². The molecule has 0 aliphatic carbocycles. The maximum Gasteiger partial charge on any atom is 0.0742 e. The summed E-state index contributed by atoms with van der Waals surface area (Å²) in [5.74, 6) is 0. The zero-order valence-corrected chi connectivity index (χ0v) is 7.53. The molecule has 4 heteroatoms. The van der Waals surface area contributed by atoms with E-state index in [0.717, 1.165) is 25.9 Å². The summed E-state index contributed by atoms with van der Waals surface area (Å²) in [7, 11) is 0. The lowest BCUT2D eigenvalue weighted by Crippen LogP contribution is -2.33. The molecule has 0 saturated carbocycles. The molecule has 2 atom stereocenters. The maximum atomic E-state index is 8.85. The van der Waals surface area contributed by atoms with Crippen molar-refractivity contribution in [2.45, 2.75) is 32.0 Å². The molecule has 0 radical (unpaired) electrons. The third-order valence-corrected chi connectivity index (χ3v) is 1.54. The van der Waals surface area contributed by atoms with E-state index in [1.807, 2.05) is 0 Å². The third-order valence-electron chi connectivity index (χ3n) is 1.54. The second-order valence-corrected chi connectivity index (χ2v) is 3.03. The molecular weight excluding hydrogens is 158 g/mol. The minimum atomic E-state index is -0.560.